The molecule has 1 heterocycles. The molecule has 2 rings (SSSR count). The number of halogens is 1. The Kier molecular flexibility index (Phi) is 5.58. The van der Waals surface area contributed by atoms with E-state index >= 15 is 0 Å². The average molecular weight is 274 g/mol. The fourth-order valence-electron chi connectivity index (χ4n) is 2.71. The van der Waals surface area contributed by atoms with Crippen LogP contribution in [0.3, 0.4) is 0 Å². The van der Waals surface area contributed by atoms with Gasteiger partial charge in [0.2, 0.25) is 0 Å². The summed E-state index contributed by atoms with van der Waals surface area (Å²) in [6.07, 6.45) is 3.76. The molecule has 108 valence electrons. The molecular weight excluding hydrogens is 251 g/mol. The first-order valence-electron chi connectivity index (χ1n) is 7.38. The van der Waals surface area contributed by atoms with Crippen molar-refractivity contribution in [1.82, 2.24) is 4.90 Å². The van der Waals surface area contributed by atoms with Crippen LogP contribution < -0.4 is 5.73 Å². The van der Waals surface area contributed by atoms with Gasteiger partial charge >= 0.3 is 0 Å². The first-order chi connectivity index (χ1) is 9.67. The van der Waals surface area contributed by atoms with E-state index in [0.29, 0.717) is 12.1 Å². The van der Waals surface area contributed by atoms with E-state index in [1.54, 1.807) is 6.07 Å². The van der Waals surface area contributed by atoms with Crippen LogP contribution in [0.25, 0.3) is 0 Å². The van der Waals surface area contributed by atoms with Crippen molar-refractivity contribution >= 4 is 0 Å². The van der Waals surface area contributed by atoms with Crippen LogP contribution in [0.1, 0.15) is 37.3 Å². The Morgan fingerprint density at radius 2 is 2.15 bits per heavy atom. The number of hydrogen-bond donors (Lipinski definition) is 1. The summed E-state index contributed by atoms with van der Waals surface area (Å²) in [7, 11) is 0. The Balaban J connectivity index is 2.06. The summed E-state index contributed by atoms with van der Waals surface area (Å²) in [5, 5.41) is 0. The third-order valence-electron chi connectivity index (χ3n) is 3.81. The Hall–Kier alpha value is -1.37. The second-order valence-corrected chi connectivity index (χ2v) is 5.67. The monoisotopic (exact) mass is 274 g/mol. The smallest absolute Gasteiger partial charge is 0.124 e. The van der Waals surface area contributed by atoms with Crippen molar-refractivity contribution in [2.24, 2.45) is 11.7 Å². The average Bonchev–Trinajstić information content (AvgIpc) is 2.61. The molecule has 1 aromatic rings. The summed E-state index contributed by atoms with van der Waals surface area (Å²) in [6, 6.07) is 5.05. The van der Waals surface area contributed by atoms with E-state index in [1.807, 2.05) is 6.07 Å². The van der Waals surface area contributed by atoms with Gasteiger partial charge in [0.1, 0.15) is 5.82 Å². The molecule has 20 heavy (non-hydrogen) atoms. The maximum absolute atomic E-state index is 13.6. The van der Waals surface area contributed by atoms with Gasteiger partial charge in [-0.25, -0.2) is 4.39 Å². The Morgan fingerprint density at radius 1 is 1.30 bits per heavy atom. The highest BCUT2D eigenvalue weighted by atomic mass is 19.1. The van der Waals surface area contributed by atoms with Gasteiger partial charge in [0.25, 0.3) is 0 Å². The zero-order chi connectivity index (χ0) is 14.4. The molecule has 0 radical (unpaired) electrons. The molecule has 0 aromatic heterocycles. The number of benzene rings is 1. The third kappa shape index (κ3) is 4.63. The maximum Gasteiger partial charge on any atom is 0.124 e. The van der Waals surface area contributed by atoms with Gasteiger partial charge in [-0.3, -0.25) is 4.90 Å². The molecule has 3 heteroatoms. The van der Waals surface area contributed by atoms with Crippen molar-refractivity contribution in [3.8, 4) is 11.8 Å². The van der Waals surface area contributed by atoms with Crippen LogP contribution in [-0.4, -0.2) is 24.5 Å². The fraction of sp³-hybridized carbons (Fsp3) is 0.529. The Morgan fingerprint density at radius 3 is 2.95 bits per heavy atom. The van der Waals surface area contributed by atoms with E-state index in [-0.39, 0.29) is 5.82 Å². The summed E-state index contributed by atoms with van der Waals surface area (Å²) in [6.45, 7) is 5.62. The van der Waals surface area contributed by atoms with Crippen molar-refractivity contribution in [2.75, 3.05) is 19.6 Å². The largest absolute Gasteiger partial charge is 0.320 e. The summed E-state index contributed by atoms with van der Waals surface area (Å²) >= 11 is 0. The predicted octanol–water partition coefficient (Wildman–Crippen LogP) is 2.76. The van der Waals surface area contributed by atoms with Gasteiger partial charge in [-0.2, -0.15) is 0 Å². The van der Waals surface area contributed by atoms with Crippen LogP contribution in [-0.2, 0) is 6.54 Å². The standard InChI is InChI=1S/C17H23FN2/c1-14-4-3-8-20(9-6-14)13-16-10-15(5-2-7-19)11-17(18)12-16/h10-12,14H,3-4,6-9,13,19H2,1H3. The second kappa shape index (κ2) is 7.42. The zero-order valence-electron chi connectivity index (χ0n) is 12.2. The molecule has 1 unspecified atom stereocenters. The molecule has 1 atom stereocenters. The molecular formula is C17H23FN2. The Bertz CT molecular complexity index is 501. The van der Waals surface area contributed by atoms with E-state index in [2.05, 4.69) is 23.7 Å². The maximum atomic E-state index is 13.6. The number of nitrogens with two attached hydrogens (primary N) is 1. The number of nitrogens with zero attached hydrogens (tertiary/aromatic N) is 1. The highest BCUT2D eigenvalue weighted by Gasteiger charge is 2.14. The van der Waals surface area contributed by atoms with Crippen molar-refractivity contribution < 1.29 is 4.39 Å². The molecule has 1 aliphatic rings. The highest BCUT2D eigenvalue weighted by Crippen LogP contribution is 2.19. The molecule has 1 aromatic carbocycles. The minimum Gasteiger partial charge on any atom is -0.320 e. The van der Waals surface area contributed by atoms with Crippen LogP contribution in [0.5, 0.6) is 0 Å². The van der Waals surface area contributed by atoms with E-state index in [0.717, 1.165) is 31.1 Å². The molecule has 1 aliphatic heterocycles. The van der Waals surface area contributed by atoms with Crippen molar-refractivity contribution in [1.29, 1.82) is 0 Å². The lowest BCUT2D eigenvalue weighted by atomic mass is 10.0. The van der Waals surface area contributed by atoms with Crippen molar-refractivity contribution in [3.63, 3.8) is 0 Å². The number of rotatable bonds is 2. The van der Waals surface area contributed by atoms with E-state index in [9.17, 15) is 4.39 Å². The molecule has 2 nitrogen and oxygen atoms in total. The molecule has 2 N–H and O–H groups in total. The van der Waals surface area contributed by atoms with Crippen molar-refractivity contribution in [2.45, 2.75) is 32.7 Å². The van der Waals surface area contributed by atoms with E-state index in [4.69, 9.17) is 5.73 Å². The molecule has 1 fully saturated rings. The first-order valence-corrected chi connectivity index (χ1v) is 7.38. The summed E-state index contributed by atoms with van der Waals surface area (Å²) in [5.41, 5.74) is 7.07. The molecule has 0 bridgehead atoms. The SMILES string of the molecule is CC1CCCN(Cc2cc(F)cc(C#CCN)c2)CC1. The molecule has 0 spiro atoms. The fourth-order valence-corrected chi connectivity index (χ4v) is 2.71. The Labute approximate surface area is 121 Å². The van der Waals surface area contributed by atoms with Crippen LogP contribution in [0.15, 0.2) is 18.2 Å². The lowest BCUT2D eigenvalue weighted by Crippen LogP contribution is -2.24. The van der Waals surface area contributed by atoms with Crippen LogP contribution in [0.2, 0.25) is 0 Å². The van der Waals surface area contributed by atoms with Gasteiger partial charge in [0.05, 0.1) is 6.54 Å². The minimum absolute atomic E-state index is 0.216. The van der Waals surface area contributed by atoms with Crippen LogP contribution in [0.4, 0.5) is 4.39 Å². The summed E-state index contributed by atoms with van der Waals surface area (Å²) in [5.74, 6) is 6.27. The lowest BCUT2D eigenvalue weighted by Gasteiger charge is -2.20. The van der Waals surface area contributed by atoms with Gasteiger partial charge in [0.15, 0.2) is 0 Å². The van der Waals surface area contributed by atoms with Gasteiger partial charge in [-0.15, -0.1) is 0 Å². The summed E-state index contributed by atoms with van der Waals surface area (Å²) < 4.78 is 13.6. The van der Waals surface area contributed by atoms with Crippen molar-refractivity contribution in [3.05, 3.63) is 35.1 Å². The number of likely N-dealkylation sites (tertiary alicyclic amines) is 1. The lowest BCUT2D eigenvalue weighted by molar-refractivity contribution is 0.273. The number of hydrogen-bond acceptors (Lipinski definition) is 2. The van der Waals surface area contributed by atoms with Gasteiger partial charge in [-0.05, 0) is 62.0 Å². The molecule has 0 aliphatic carbocycles. The van der Waals surface area contributed by atoms with Crippen LogP contribution >= 0.6 is 0 Å². The van der Waals surface area contributed by atoms with E-state index < -0.39 is 0 Å². The molecule has 0 amide bonds. The zero-order valence-corrected chi connectivity index (χ0v) is 12.2. The topological polar surface area (TPSA) is 29.3 Å². The highest BCUT2D eigenvalue weighted by molar-refractivity contribution is 5.38. The molecule has 1 saturated heterocycles. The third-order valence-corrected chi connectivity index (χ3v) is 3.81. The quantitative estimate of drug-likeness (QED) is 0.840. The van der Waals surface area contributed by atoms with E-state index in [1.165, 1.54) is 25.3 Å². The predicted molar refractivity (Wildman–Crippen MR) is 80.6 cm³/mol. The van der Waals surface area contributed by atoms with Gasteiger partial charge in [0, 0.05) is 12.1 Å². The van der Waals surface area contributed by atoms with Gasteiger partial charge < -0.3 is 5.73 Å². The normalized spacial score (nSPS) is 20.1. The molecule has 0 saturated carbocycles. The minimum atomic E-state index is -0.216. The summed E-state index contributed by atoms with van der Waals surface area (Å²) in [4.78, 5) is 2.42. The van der Waals surface area contributed by atoms with Gasteiger partial charge in [-0.1, -0.05) is 18.8 Å². The second-order valence-electron chi connectivity index (χ2n) is 5.67. The van der Waals surface area contributed by atoms with Crippen LogP contribution in [0, 0.1) is 23.6 Å². The first kappa shape index (κ1) is 15.0.